The Kier molecular flexibility index (Phi) is 4.19. The zero-order valence-corrected chi connectivity index (χ0v) is 12.8. The topological polar surface area (TPSA) is 77.8 Å². The Morgan fingerprint density at radius 3 is 2.22 bits per heavy atom. The summed E-state index contributed by atoms with van der Waals surface area (Å²) in [7, 11) is 0. The zero-order valence-electron chi connectivity index (χ0n) is 12.8. The molecule has 120 valence electrons. The summed E-state index contributed by atoms with van der Waals surface area (Å²) < 4.78 is 0. The fraction of sp³-hybridized carbons (Fsp3) is 0.333. The first-order valence-corrected chi connectivity index (χ1v) is 7.81. The number of nitrogens with zero attached hydrogens (tertiary/aromatic N) is 1. The van der Waals surface area contributed by atoms with E-state index in [4.69, 9.17) is 10.2 Å². The van der Waals surface area contributed by atoms with E-state index in [-0.39, 0.29) is 0 Å². The molecule has 3 rings (SSSR count). The normalized spacial score (nSPS) is 17.2. The number of allylic oxidation sites excluding steroid dienone is 2. The Labute approximate surface area is 134 Å². The minimum Gasteiger partial charge on any atom is -0.502 e. The third kappa shape index (κ3) is 3.28. The van der Waals surface area contributed by atoms with Crippen molar-refractivity contribution < 1.29 is 19.8 Å². The van der Waals surface area contributed by atoms with E-state index in [1.165, 1.54) is 22.9 Å². The van der Waals surface area contributed by atoms with Crippen molar-refractivity contribution in [3.8, 4) is 0 Å². The van der Waals surface area contributed by atoms with Crippen LogP contribution in [0.2, 0.25) is 0 Å². The maximum Gasteiger partial charge on any atom is 0.371 e. The summed E-state index contributed by atoms with van der Waals surface area (Å²) in [5.41, 5.74) is 4.96. The van der Waals surface area contributed by atoms with Crippen LogP contribution in [0.1, 0.15) is 29.5 Å². The highest BCUT2D eigenvalue weighted by Crippen LogP contribution is 2.36. The number of aryl methyl sites for hydroxylation is 2. The van der Waals surface area contributed by atoms with Crippen LogP contribution in [0.15, 0.2) is 30.0 Å². The van der Waals surface area contributed by atoms with Gasteiger partial charge < -0.3 is 15.1 Å². The first-order valence-electron chi connectivity index (χ1n) is 7.81. The number of carboxylic acids is 1. The van der Waals surface area contributed by atoms with Gasteiger partial charge in [0.05, 0.1) is 0 Å². The number of hydrogen-bond acceptors (Lipinski definition) is 4. The summed E-state index contributed by atoms with van der Waals surface area (Å²) in [6, 6.07) is 4.20. The molecule has 5 heteroatoms. The Bertz CT molecular complexity index is 687. The van der Waals surface area contributed by atoms with Crippen LogP contribution in [0.25, 0.3) is 6.08 Å². The molecule has 2 N–H and O–H groups in total. The molecule has 2 heterocycles. The molecule has 2 aliphatic heterocycles. The molecule has 23 heavy (non-hydrogen) atoms. The lowest BCUT2D eigenvalue weighted by Crippen LogP contribution is -2.34. The second-order valence-corrected chi connectivity index (χ2v) is 5.95. The van der Waals surface area contributed by atoms with Gasteiger partial charge in [-0.05, 0) is 60.6 Å². The van der Waals surface area contributed by atoms with Crippen LogP contribution in [0.4, 0.5) is 5.69 Å². The predicted octanol–water partition coefficient (Wildman–Crippen LogP) is 2.49. The fourth-order valence-electron chi connectivity index (χ4n) is 3.35. The Morgan fingerprint density at radius 2 is 1.65 bits per heavy atom. The molecule has 0 aromatic heterocycles. The van der Waals surface area contributed by atoms with Crippen molar-refractivity contribution in [3.05, 3.63) is 46.7 Å². The van der Waals surface area contributed by atoms with Crippen molar-refractivity contribution in [1.82, 2.24) is 0 Å². The molecule has 0 radical (unpaired) electrons. The van der Waals surface area contributed by atoms with Crippen LogP contribution in [-0.4, -0.2) is 35.1 Å². The van der Waals surface area contributed by atoms with Gasteiger partial charge in [0.15, 0.2) is 5.78 Å². The molecule has 0 saturated carbocycles. The van der Waals surface area contributed by atoms with E-state index in [2.05, 4.69) is 17.0 Å². The summed E-state index contributed by atoms with van der Waals surface area (Å²) in [5.74, 6) is -3.00. The molecule has 0 fully saturated rings. The molecule has 0 saturated heterocycles. The lowest BCUT2D eigenvalue weighted by molar-refractivity contribution is -0.135. The largest absolute Gasteiger partial charge is 0.502 e. The van der Waals surface area contributed by atoms with Gasteiger partial charge in [-0.15, -0.1) is 0 Å². The highest BCUT2D eigenvalue weighted by atomic mass is 16.4. The lowest BCUT2D eigenvalue weighted by atomic mass is 9.90. The molecule has 0 aliphatic carbocycles. The van der Waals surface area contributed by atoms with Crippen molar-refractivity contribution in [2.45, 2.75) is 25.7 Å². The smallest absolute Gasteiger partial charge is 0.371 e. The van der Waals surface area contributed by atoms with E-state index >= 15 is 0 Å². The van der Waals surface area contributed by atoms with E-state index in [1.54, 1.807) is 6.08 Å². The number of carbonyl (C=O) groups is 2. The highest BCUT2D eigenvalue weighted by molar-refractivity contribution is 6.05. The monoisotopic (exact) mass is 313 g/mol. The van der Waals surface area contributed by atoms with Crippen molar-refractivity contribution >= 4 is 23.5 Å². The van der Waals surface area contributed by atoms with Crippen LogP contribution in [-0.2, 0) is 22.4 Å². The quantitative estimate of drug-likeness (QED) is 0.659. The van der Waals surface area contributed by atoms with E-state index < -0.39 is 17.5 Å². The molecule has 0 amide bonds. The third-order valence-electron chi connectivity index (χ3n) is 4.29. The number of anilines is 1. The van der Waals surface area contributed by atoms with Crippen molar-refractivity contribution in [1.29, 1.82) is 0 Å². The van der Waals surface area contributed by atoms with E-state index in [1.807, 2.05) is 0 Å². The summed E-state index contributed by atoms with van der Waals surface area (Å²) in [6.45, 7) is 2.24. The second kappa shape index (κ2) is 6.28. The van der Waals surface area contributed by atoms with Crippen molar-refractivity contribution in [2.24, 2.45) is 0 Å². The van der Waals surface area contributed by atoms with Gasteiger partial charge in [0.2, 0.25) is 5.76 Å². The average molecular weight is 313 g/mol. The molecule has 1 aromatic rings. The van der Waals surface area contributed by atoms with Crippen LogP contribution < -0.4 is 4.90 Å². The van der Waals surface area contributed by atoms with Crippen molar-refractivity contribution in [2.75, 3.05) is 18.0 Å². The van der Waals surface area contributed by atoms with Gasteiger partial charge in [0, 0.05) is 24.9 Å². The van der Waals surface area contributed by atoms with Crippen LogP contribution in [0.3, 0.4) is 0 Å². The zero-order chi connectivity index (χ0) is 16.4. The molecule has 0 bridgehead atoms. The molecule has 5 nitrogen and oxygen atoms in total. The van der Waals surface area contributed by atoms with E-state index in [0.29, 0.717) is 6.08 Å². The molecule has 0 atom stereocenters. The number of hydrogen-bond donors (Lipinski definition) is 2. The van der Waals surface area contributed by atoms with Gasteiger partial charge in [0.25, 0.3) is 0 Å². The van der Waals surface area contributed by atoms with Gasteiger partial charge in [-0.3, -0.25) is 4.79 Å². The number of ketones is 1. The summed E-state index contributed by atoms with van der Waals surface area (Å²) in [6.07, 6.45) is 8.07. The van der Waals surface area contributed by atoms with E-state index in [0.717, 1.165) is 44.3 Å². The van der Waals surface area contributed by atoms with Gasteiger partial charge in [0.1, 0.15) is 0 Å². The summed E-state index contributed by atoms with van der Waals surface area (Å²) >= 11 is 0. The van der Waals surface area contributed by atoms with Crippen LogP contribution in [0.5, 0.6) is 0 Å². The number of aliphatic hydroxyl groups is 1. The van der Waals surface area contributed by atoms with Gasteiger partial charge in [-0.2, -0.15) is 0 Å². The lowest BCUT2D eigenvalue weighted by Gasteiger charge is -2.37. The first kappa shape index (κ1) is 15.3. The standard InChI is InChI=1S/C18H19NO4/c20-15(11-16(21)18(22)23)6-5-12-9-13-3-1-7-19-8-2-4-14(10-12)17(13)19/h5-6,9-11,21H,1-4,7-8H2,(H,22,23)/b6-5+,16-11+. The number of carboxylic acid groups (broad SMARTS) is 1. The molecule has 0 unspecified atom stereocenters. The number of aliphatic carboxylic acids is 1. The first-order chi connectivity index (χ1) is 11.0. The minimum atomic E-state index is -1.51. The maximum atomic E-state index is 11.6. The molecule has 2 aliphatic rings. The molecule has 1 aromatic carbocycles. The average Bonchev–Trinajstić information content (AvgIpc) is 2.53. The molecular weight excluding hydrogens is 294 g/mol. The summed E-state index contributed by atoms with van der Waals surface area (Å²) in [4.78, 5) is 24.6. The number of aliphatic hydroxyl groups excluding tert-OH is 1. The van der Waals surface area contributed by atoms with Gasteiger partial charge in [-0.1, -0.05) is 6.08 Å². The number of rotatable bonds is 4. The third-order valence-corrected chi connectivity index (χ3v) is 4.29. The van der Waals surface area contributed by atoms with Crippen molar-refractivity contribution in [3.63, 3.8) is 0 Å². The number of carbonyl (C=O) groups excluding carboxylic acids is 1. The molecule has 0 spiro atoms. The Balaban J connectivity index is 1.85. The summed E-state index contributed by atoms with van der Waals surface area (Å²) in [5, 5.41) is 17.6. The minimum absolute atomic E-state index is 0.544. The predicted molar refractivity (Wildman–Crippen MR) is 87.7 cm³/mol. The van der Waals surface area contributed by atoms with Crippen LogP contribution in [0, 0.1) is 0 Å². The van der Waals surface area contributed by atoms with Gasteiger partial charge in [-0.25, -0.2) is 4.79 Å². The van der Waals surface area contributed by atoms with Gasteiger partial charge >= 0.3 is 5.97 Å². The SMILES string of the molecule is O=C(/C=C/c1cc2c3c(c1)CCCN3CCC2)/C=C(/O)C(=O)O. The molecular formula is C18H19NO4. The van der Waals surface area contributed by atoms with E-state index in [9.17, 15) is 9.59 Å². The van der Waals surface area contributed by atoms with Crippen LogP contribution >= 0.6 is 0 Å². The Hall–Kier alpha value is -2.56. The number of benzene rings is 1. The fourth-order valence-corrected chi connectivity index (χ4v) is 3.35. The second-order valence-electron chi connectivity index (χ2n) is 5.95. The maximum absolute atomic E-state index is 11.6. The Morgan fingerprint density at radius 1 is 1.04 bits per heavy atom. The highest BCUT2D eigenvalue weighted by Gasteiger charge is 2.23.